The first-order chi connectivity index (χ1) is 12.5. The molecule has 0 aliphatic carbocycles. The summed E-state index contributed by atoms with van der Waals surface area (Å²) < 4.78 is 46.5. The summed E-state index contributed by atoms with van der Waals surface area (Å²) in [5, 5.41) is 0. The standard InChI is InChI=1S/C18H16F3N3O2/c19-13-4-5-14(20)17(21)12(13)8-23-9-15-16(10-23)26-18(25)24(15)7-11-3-1-2-6-22-11/h1-6,15-16H,7-10H2/t15-,16+/m1/s1. The highest BCUT2D eigenvalue weighted by molar-refractivity contribution is 5.71. The molecule has 2 aliphatic rings. The van der Waals surface area contributed by atoms with Gasteiger partial charge >= 0.3 is 6.09 Å². The van der Waals surface area contributed by atoms with Crippen molar-refractivity contribution >= 4 is 6.09 Å². The molecule has 2 aromatic rings. The number of pyridine rings is 1. The van der Waals surface area contributed by atoms with Crippen LogP contribution in [0.15, 0.2) is 36.5 Å². The summed E-state index contributed by atoms with van der Waals surface area (Å²) in [6.07, 6.45) is 0.837. The quantitative estimate of drug-likeness (QED) is 0.784. The van der Waals surface area contributed by atoms with E-state index in [0.717, 1.165) is 17.8 Å². The van der Waals surface area contributed by atoms with Gasteiger partial charge in [-0.25, -0.2) is 18.0 Å². The second-order valence-electron chi connectivity index (χ2n) is 6.45. The van der Waals surface area contributed by atoms with Crippen molar-refractivity contribution in [1.82, 2.24) is 14.8 Å². The smallest absolute Gasteiger partial charge is 0.410 e. The molecule has 0 N–H and O–H groups in total. The third kappa shape index (κ3) is 3.01. The minimum absolute atomic E-state index is 0.0859. The molecule has 0 radical (unpaired) electrons. The second kappa shape index (κ2) is 6.60. The number of likely N-dealkylation sites (tertiary alicyclic amines) is 1. The third-order valence-corrected chi connectivity index (χ3v) is 4.78. The number of hydrogen-bond donors (Lipinski definition) is 0. The Morgan fingerprint density at radius 1 is 1.08 bits per heavy atom. The van der Waals surface area contributed by atoms with Crippen LogP contribution in [0.4, 0.5) is 18.0 Å². The molecule has 2 atom stereocenters. The van der Waals surface area contributed by atoms with Gasteiger partial charge in [-0.1, -0.05) is 6.07 Å². The van der Waals surface area contributed by atoms with Crippen LogP contribution in [0, 0.1) is 17.5 Å². The summed E-state index contributed by atoms with van der Waals surface area (Å²) in [5.41, 5.74) is 0.415. The van der Waals surface area contributed by atoms with Gasteiger partial charge in [-0.05, 0) is 24.3 Å². The van der Waals surface area contributed by atoms with Gasteiger partial charge in [0.25, 0.3) is 0 Å². The molecule has 1 aromatic carbocycles. The van der Waals surface area contributed by atoms with Crippen molar-refractivity contribution < 1.29 is 22.7 Å². The predicted octanol–water partition coefficient (Wildman–Crippen LogP) is 2.70. The Hall–Kier alpha value is -2.61. The van der Waals surface area contributed by atoms with E-state index in [9.17, 15) is 18.0 Å². The third-order valence-electron chi connectivity index (χ3n) is 4.78. The van der Waals surface area contributed by atoms with Crippen molar-refractivity contribution in [3.63, 3.8) is 0 Å². The number of carbonyl (C=O) groups excluding carboxylic acids is 1. The summed E-state index contributed by atoms with van der Waals surface area (Å²) in [7, 11) is 0. The number of hydrogen-bond acceptors (Lipinski definition) is 4. The van der Waals surface area contributed by atoms with E-state index >= 15 is 0 Å². The molecule has 2 aliphatic heterocycles. The maximum absolute atomic E-state index is 13.9. The normalized spacial score (nSPS) is 22.6. The maximum atomic E-state index is 13.9. The number of nitrogens with zero attached hydrogens (tertiary/aromatic N) is 3. The van der Waals surface area contributed by atoms with Crippen molar-refractivity contribution in [2.24, 2.45) is 0 Å². The van der Waals surface area contributed by atoms with Crippen LogP contribution < -0.4 is 0 Å². The summed E-state index contributed by atoms with van der Waals surface area (Å²) in [6, 6.07) is 6.88. The molecular formula is C18H16F3N3O2. The zero-order chi connectivity index (χ0) is 18.3. The fraction of sp³-hybridized carbons (Fsp3) is 0.333. The maximum Gasteiger partial charge on any atom is 0.410 e. The van der Waals surface area contributed by atoms with Crippen LogP contribution in [0.1, 0.15) is 11.3 Å². The Balaban J connectivity index is 1.48. The van der Waals surface area contributed by atoms with Crippen LogP contribution in [-0.2, 0) is 17.8 Å². The van der Waals surface area contributed by atoms with Crippen LogP contribution in [-0.4, -0.2) is 46.1 Å². The zero-order valence-corrected chi connectivity index (χ0v) is 13.7. The highest BCUT2D eigenvalue weighted by Gasteiger charge is 2.47. The second-order valence-corrected chi connectivity index (χ2v) is 6.45. The molecule has 5 nitrogen and oxygen atoms in total. The van der Waals surface area contributed by atoms with E-state index in [2.05, 4.69) is 4.98 Å². The van der Waals surface area contributed by atoms with E-state index in [-0.39, 0.29) is 24.3 Å². The molecule has 1 amide bonds. The Morgan fingerprint density at radius 3 is 2.65 bits per heavy atom. The van der Waals surface area contributed by atoms with Gasteiger partial charge in [0.2, 0.25) is 0 Å². The molecule has 26 heavy (non-hydrogen) atoms. The van der Waals surface area contributed by atoms with Crippen molar-refractivity contribution in [2.45, 2.75) is 25.2 Å². The summed E-state index contributed by atoms with van der Waals surface area (Å²) in [5.74, 6) is -3.04. The number of benzene rings is 1. The van der Waals surface area contributed by atoms with Gasteiger partial charge in [0.1, 0.15) is 11.9 Å². The monoisotopic (exact) mass is 363 g/mol. The Kier molecular flexibility index (Phi) is 4.28. The number of amides is 1. The van der Waals surface area contributed by atoms with Gasteiger partial charge in [-0.2, -0.15) is 0 Å². The lowest BCUT2D eigenvalue weighted by atomic mass is 10.1. The van der Waals surface area contributed by atoms with E-state index in [1.54, 1.807) is 22.1 Å². The topological polar surface area (TPSA) is 45.7 Å². The van der Waals surface area contributed by atoms with E-state index in [0.29, 0.717) is 19.6 Å². The molecule has 0 saturated carbocycles. The van der Waals surface area contributed by atoms with Gasteiger partial charge in [0.15, 0.2) is 11.6 Å². The fourth-order valence-corrected chi connectivity index (χ4v) is 3.50. The summed E-state index contributed by atoms with van der Waals surface area (Å²) >= 11 is 0. The first-order valence-corrected chi connectivity index (χ1v) is 8.25. The molecule has 4 rings (SSSR count). The average molecular weight is 363 g/mol. The van der Waals surface area contributed by atoms with E-state index in [1.165, 1.54) is 0 Å². The Morgan fingerprint density at radius 2 is 1.88 bits per heavy atom. The highest BCUT2D eigenvalue weighted by Crippen LogP contribution is 2.30. The van der Waals surface area contributed by atoms with Crippen molar-refractivity contribution in [2.75, 3.05) is 13.1 Å². The highest BCUT2D eigenvalue weighted by atomic mass is 19.2. The predicted molar refractivity (Wildman–Crippen MR) is 85.4 cm³/mol. The number of rotatable bonds is 4. The Bertz CT molecular complexity index is 834. The molecule has 2 fully saturated rings. The molecule has 0 bridgehead atoms. The summed E-state index contributed by atoms with van der Waals surface area (Å²) in [6.45, 7) is 0.942. The van der Waals surface area contributed by atoms with Gasteiger partial charge in [0.05, 0.1) is 18.3 Å². The molecular weight excluding hydrogens is 347 g/mol. The molecule has 8 heteroatoms. The number of aromatic nitrogens is 1. The Labute approximate surface area is 148 Å². The zero-order valence-electron chi connectivity index (χ0n) is 13.7. The van der Waals surface area contributed by atoms with E-state index in [1.807, 2.05) is 12.1 Å². The molecule has 0 unspecified atom stereocenters. The fourth-order valence-electron chi connectivity index (χ4n) is 3.50. The van der Waals surface area contributed by atoms with E-state index in [4.69, 9.17) is 4.74 Å². The van der Waals surface area contributed by atoms with Gasteiger partial charge < -0.3 is 4.74 Å². The van der Waals surface area contributed by atoms with Crippen molar-refractivity contribution in [1.29, 1.82) is 0 Å². The van der Waals surface area contributed by atoms with Crippen molar-refractivity contribution in [3.8, 4) is 0 Å². The molecule has 3 heterocycles. The summed E-state index contributed by atoms with van der Waals surface area (Å²) in [4.78, 5) is 19.6. The van der Waals surface area contributed by atoms with Gasteiger partial charge in [-0.3, -0.25) is 14.8 Å². The number of fused-ring (bicyclic) bond motifs is 1. The van der Waals surface area contributed by atoms with Gasteiger partial charge in [-0.15, -0.1) is 0 Å². The molecule has 0 spiro atoms. The first kappa shape index (κ1) is 16.8. The van der Waals surface area contributed by atoms with Crippen LogP contribution in [0.2, 0.25) is 0 Å². The SMILES string of the molecule is O=C1O[C@H]2CN(Cc3c(F)ccc(F)c3F)C[C@H]2N1Cc1ccccn1. The minimum atomic E-state index is -1.18. The molecule has 136 valence electrons. The lowest BCUT2D eigenvalue weighted by molar-refractivity contribution is 0.118. The lowest BCUT2D eigenvalue weighted by Gasteiger charge is -2.22. The number of halogens is 3. The largest absolute Gasteiger partial charge is 0.442 e. The number of carbonyl (C=O) groups is 1. The van der Waals surface area contributed by atoms with Crippen LogP contribution in [0.3, 0.4) is 0 Å². The number of ether oxygens (including phenoxy) is 1. The minimum Gasteiger partial charge on any atom is -0.442 e. The molecule has 1 aromatic heterocycles. The first-order valence-electron chi connectivity index (χ1n) is 8.25. The lowest BCUT2D eigenvalue weighted by Crippen LogP contribution is -2.37. The van der Waals surface area contributed by atoms with Gasteiger partial charge in [0, 0.05) is 31.4 Å². The van der Waals surface area contributed by atoms with Crippen LogP contribution >= 0.6 is 0 Å². The van der Waals surface area contributed by atoms with E-state index < -0.39 is 23.5 Å². The van der Waals surface area contributed by atoms with Crippen molar-refractivity contribution in [3.05, 3.63) is 65.2 Å². The molecule has 2 saturated heterocycles. The van der Waals surface area contributed by atoms with Crippen LogP contribution in [0.25, 0.3) is 0 Å². The van der Waals surface area contributed by atoms with Crippen LogP contribution in [0.5, 0.6) is 0 Å². The average Bonchev–Trinajstić information content (AvgIpc) is 3.14.